The molecule has 0 aliphatic rings. The summed E-state index contributed by atoms with van der Waals surface area (Å²) in [5.41, 5.74) is -0.207. The molecule has 18 heavy (non-hydrogen) atoms. The van der Waals surface area contributed by atoms with Crippen LogP contribution >= 0.6 is 0 Å². The first-order valence-electron chi connectivity index (χ1n) is 5.76. The van der Waals surface area contributed by atoms with Gasteiger partial charge in [0.25, 0.3) is 0 Å². The zero-order valence-electron chi connectivity index (χ0n) is 10.5. The first kappa shape index (κ1) is 14.5. The number of benzene rings is 1. The summed E-state index contributed by atoms with van der Waals surface area (Å²) in [6.07, 6.45) is 0.154. The third-order valence-corrected chi connectivity index (χ3v) is 2.30. The Morgan fingerprint density at radius 1 is 1.50 bits per heavy atom. The maximum absolute atomic E-state index is 13.6. The standard InChI is InChI=1S/C12H17FN2O3/c1-9(2)18-7-6-14-8-10-4-3-5-11(12(10)13)15(16)17/h3-5,9,14H,6-8H2,1-2H3. The van der Waals surface area contributed by atoms with Gasteiger partial charge in [0.1, 0.15) is 0 Å². The number of nitro groups is 1. The summed E-state index contributed by atoms with van der Waals surface area (Å²) >= 11 is 0. The molecule has 6 heteroatoms. The maximum atomic E-state index is 13.6. The van der Waals surface area contributed by atoms with Gasteiger partial charge in [0.15, 0.2) is 0 Å². The van der Waals surface area contributed by atoms with E-state index < -0.39 is 16.4 Å². The lowest BCUT2D eigenvalue weighted by atomic mass is 10.2. The molecule has 1 aromatic carbocycles. The Hall–Kier alpha value is -1.53. The molecule has 0 spiro atoms. The molecular weight excluding hydrogens is 239 g/mol. The smallest absolute Gasteiger partial charge is 0.305 e. The number of hydrogen-bond acceptors (Lipinski definition) is 4. The highest BCUT2D eigenvalue weighted by molar-refractivity contribution is 5.36. The molecule has 1 N–H and O–H groups in total. The van der Waals surface area contributed by atoms with Crippen LogP contribution in [0.3, 0.4) is 0 Å². The van der Waals surface area contributed by atoms with E-state index in [9.17, 15) is 14.5 Å². The molecule has 0 heterocycles. The van der Waals surface area contributed by atoms with Crippen molar-refractivity contribution in [2.75, 3.05) is 13.2 Å². The summed E-state index contributed by atoms with van der Waals surface area (Å²) in [4.78, 5) is 9.83. The monoisotopic (exact) mass is 256 g/mol. The second-order valence-electron chi connectivity index (χ2n) is 4.10. The SMILES string of the molecule is CC(C)OCCNCc1cccc([N+](=O)[O-])c1F. The van der Waals surface area contributed by atoms with E-state index in [1.54, 1.807) is 0 Å². The van der Waals surface area contributed by atoms with Crippen molar-refractivity contribution in [1.29, 1.82) is 0 Å². The van der Waals surface area contributed by atoms with Gasteiger partial charge in [-0.15, -0.1) is 0 Å². The highest BCUT2D eigenvalue weighted by Gasteiger charge is 2.16. The van der Waals surface area contributed by atoms with Crippen LogP contribution in [-0.4, -0.2) is 24.2 Å². The second-order valence-corrected chi connectivity index (χ2v) is 4.10. The van der Waals surface area contributed by atoms with Crippen LogP contribution in [0.25, 0.3) is 0 Å². The molecule has 0 saturated heterocycles. The molecule has 100 valence electrons. The van der Waals surface area contributed by atoms with Crippen molar-refractivity contribution in [3.05, 3.63) is 39.7 Å². The molecule has 0 bridgehead atoms. The summed E-state index contributed by atoms with van der Waals surface area (Å²) in [6, 6.07) is 4.15. The molecule has 0 aliphatic heterocycles. The van der Waals surface area contributed by atoms with E-state index >= 15 is 0 Å². The van der Waals surface area contributed by atoms with Crippen LogP contribution in [0.2, 0.25) is 0 Å². The minimum Gasteiger partial charge on any atom is -0.377 e. The highest BCUT2D eigenvalue weighted by atomic mass is 19.1. The fraction of sp³-hybridized carbons (Fsp3) is 0.500. The molecular formula is C12H17FN2O3. The van der Waals surface area contributed by atoms with Gasteiger partial charge < -0.3 is 10.1 Å². The number of nitrogens with zero attached hydrogens (tertiary/aromatic N) is 1. The van der Waals surface area contributed by atoms with Crippen molar-refractivity contribution < 1.29 is 14.1 Å². The lowest BCUT2D eigenvalue weighted by Crippen LogP contribution is -2.21. The Morgan fingerprint density at radius 3 is 2.83 bits per heavy atom. The van der Waals surface area contributed by atoms with E-state index in [0.29, 0.717) is 13.2 Å². The van der Waals surface area contributed by atoms with Gasteiger partial charge in [-0.05, 0) is 13.8 Å². The topological polar surface area (TPSA) is 64.4 Å². The van der Waals surface area contributed by atoms with Crippen LogP contribution in [0.5, 0.6) is 0 Å². The van der Waals surface area contributed by atoms with E-state index in [-0.39, 0.29) is 18.2 Å². The normalized spacial score (nSPS) is 10.9. The van der Waals surface area contributed by atoms with Crippen molar-refractivity contribution in [1.82, 2.24) is 5.32 Å². The Kier molecular flexibility index (Phi) is 5.67. The second kappa shape index (κ2) is 7.03. The number of nitro benzene ring substituents is 1. The lowest BCUT2D eigenvalue weighted by molar-refractivity contribution is -0.387. The predicted octanol–water partition coefficient (Wildman–Crippen LogP) is 2.25. The van der Waals surface area contributed by atoms with E-state index in [1.165, 1.54) is 12.1 Å². The number of hydrogen-bond donors (Lipinski definition) is 1. The van der Waals surface area contributed by atoms with Crippen LogP contribution < -0.4 is 5.32 Å². The van der Waals surface area contributed by atoms with Gasteiger partial charge in [0.05, 0.1) is 17.6 Å². The number of ether oxygens (including phenoxy) is 1. The van der Waals surface area contributed by atoms with Gasteiger partial charge in [0.2, 0.25) is 5.82 Å². The average Bonchev–Trinajstić information content (AvgIpc) is 2.30. The lowest BCUT2D eigenvalue weighted by Gasteiger charge is -2.09. The molecule has 0 aliphatic carbocycles. The van der Waals surface area contributed by atoms with E-state index in [2.05, 4.69) is 5.32 Å². The molecule has 0 aromatic heterocycles. The molecule has 0 amide bonds. The fourth-order valence-electron chi connectivity index (χ4n) is 1.43. The van der Waals surface area contributed by atoms with Crippen molar-refractivity contribution in [2.45, 2.75) is 26.5 Å². The van der Waals surface area contributed by atoms with Crippen molar-refractivity contribution in [3.8, 4) is 0 Å². The molecule has 0 unspecified atom stereocenters. The fourth-order valence-corrected chi connectivity index (χ4v) is 1.43. The van der Waals surface area contributed by atoms with Gasteiger partial charge in [-0.1, -0.05) is 12.1 Å². The zero-order valence-corrected chi connectivity index (χ0v) is 10.5. The Morgan fingerprint density at radius 2 is 2.22 bits per heavy atom. The molecule has 0 saturated carbocycles. The van der Waals surface area contributed by atoms with E-state index in [0.717, 1.165) is 6.07 Å². The Bertz CT molecular complexity index is 410. The van der Waals surface area contributed by atoms with E-state index in [4.69, 9.17) is 4.74 Å². The minimum absolute atomic E-state index is 0.154. The van der Waals surface area contributed by atoms with Gasteiger partial charge in [-0.2, -0.15) is 4.39 Å². The number of nitrogens with one attached hydrogen (secondary N) is 1. The molecule has 0 fully saturated rings. The maximum Gasteiger partial charge on any atom is 0.305 e. The van der Waals surface area contributed by atoms with Crippen molar-refractivity contribution >= 4 is 5.69 Å². The molecule has 5 nitrogen and oxygen atoms in total. The largest absolute Gasteiger partial charge is 0.377 e. The predicted molar refractivity (Wildman–Crippen MR) is 65.8 cm³/mol. The van der Waals surface area contributed by atoms with Crippen LogP contribution in [0, 0.1) is 15.9 Å². The van der Waals surface area contributed by atoms with Gasteiger partial charge in [-0.3, -0.25) is 10.1 Å². The van der Waals surface area contributed by atoms with Crippen LogP contribution in [0.15, 0.2) is 18.2 Å². The van der Waals surface area contributed by atoms with Crippen LogP contribution in [-0.2, 0) is 11.3 Å². The van der Waals surface area contributed by atoms with Crippen molar-refractivity contribution in [2.24, 2.45) is 0 Å². The summed E-state index contributed by atoms with van der Waals surface area (Å²) in [5, 5.41) is 13.5. The minimum atomic E-state index is -0.778. The first-order chi connectivity index (χ1) is 8.52. The molecule has 1 aromatic rings. The van der Waals surface area contributed by atoms with Crippen LogP contribution in [0.1, 0.15) is 19.4 Å². The summed E-state index contributed by atoms with van der Waals surface area (Å²) in [7, 11) is 0. The van der Waals surface area contributed by atoms with E-state index in [1.807, 2.05) is 13.8 Å². The Labute approximate surface area is 105 Å². The summed E-state index contributed by atoms with van der Waals surface area (Å²) in [6.45, 7) is 5.20. The third-order valence-electron chi connectivity index (χ3n) is 2.30. The number of halogens is 1. The average molecular weight is 256 g/mol. The van der Waals surface area contributed by atoms with Gasteiger partial charge in [0, 0.05) is 24.7 Å². The molecule has 0 radical (unpaired) electrons. The molecule has 0 atom stereocenters. The molecule has 1 rings (SSSR count). The van der Waals surface area contributed by atoms with Crippen molar-refractivity contribution in [3.63, 3.8) is 0 Å². The first-order valence-corrected chi connectivity index (χ1v) is 5.76. The number of rotatable bonds is 7. The Balaban J connectivity index is 2.48. The van der Waals surface area contributed by atoms with Gasteiger partial charge >= 0.3 is 5.69 Å². The quantitative estimate of drug-likeness (QED) is 0.461. The third kappa shape index (κ3) is 4.38. The van der Waals surface area contributed by atoms with Crippen LogP contribution in [0.4, 0.5) is 10.1 Å². The summed E-state index contributed by atoms with van der Waals surface area (Å²) < 4.78 is 19.0. The highest BCUT2D eigenvalue weighted by Crippen LogP contribution is 2.19. The van der Waals surface area contributed by atoms with Gasteiger partial charge in [-0.25, -0.2) is 0 Å². The summed E-state index contributed by atoms with van der Waals surface area (Å²) in [5.74, 6) is -0.778. The zero-order chi connectivity index (χ0) is 13.5.